The van der Waals surface area contributed by atoms with E-state index >= 15 is 0 Å². The largest absolute Gasteiger partial charge is 0.480 e. The summed E-state index contributed by atoms with van der Waals surface area (Å²) in [5.41, 5.74) is 0. The molecule has 1 saturated heterocycles. The van der Waals surface area contributed by atoms with Crippen LogP contribution in [0.5, 0.6) is 0 Å². The molecule has 0 aromatic rings. The second-order valence-corrected chi connectivity index (χ2v) is 5.60. The molecule has 1 aliphatic carbocycles. The van der Waals surface area contributed by atoms with Gasteiger partial charge in [-0.1, -0.05) is 6.92 Å². The highest BCUT2D eigenvalue weighted by Crippen LogP contribution is 2.26. The third-order valence-corrected chi connectivity index (χ3v) is 4.03. The Morgan fingerprint density at radius 3 is 2.56 bits per heavy atom. The van der Waals surface area contributed by atoms with Crippen molar-refractivity contribution in [1.82, 2.24) is 10.2 Å². The van der Waals surface area contributed by atoms with Crippen molar-refractivity contribution in [1.29, 1.82) is 0 Å². The summed E-state index contributed by atoms with van der Waals surface area (Å²) >= 11 is 0. The Kier molecular flexibility index (Phi) is 3.90. The number of likely N-dealkylation sites (tertiary alicyclic amines) is 1. The highest BCUT2D eigenvalue weighted by atomic mass is 16.4. The van der Waals surface area contributed by atoms with Gasteiger partial charge in [0.1, 0.15) is 6.04 Å². The van der Waals surface area contributed by atoms with Crippen LogP contribution in [0.25, 0.3) is 0 Å². The number of hydrogen-bond acceptors (Lipinski definition) is 3. The minimum Gasteiger partial charge on any atom is -0.480 e. The normalized spacial score (nSPS) is 30.8. The van der Waals surface area contributed by atoms with E-state index in [9.17, 15) is 14.7 Å². The summed E-state index contributed by atoms with van der Waals surface area (Å²) in [6.07, 6.45) is 3.99. The molecular weight excluding hydrogens is 232 g/mol. The van der Waals surface area contributed by atoms with Gasteiger partial charge in [0, 0.05) is 6.04 Å². The van der Waals surface area contributed by atoms with Gasteiger partial charge in [-0.25, -0.2) is 0 Å². The first kappa shape index (κ1) is 13.3. The molecule has 5 heteroatoms. The molecule has 102 valence electrons. The number of nitrogens with zero attached hydrogens (tertiary/aromatic N) is 1. The van der Waals surface area contributed by atoms with Crippen molar-refractivity contribution >= 4 is 11.9 Å². The van der Waals surface area contributed by atoms with Crippen LogP contribution >= 0.6 is 0 Å². The van der Waals surface area contributed by atoms with Crippen LogP contribution in [0.3, 0.4) is 0 Å². The number of amides is 1. The highest BCUT2D eigenvalue weighted by Gasteiger charge is 2.39. The van der Waals surface area contributed by atoms with Crippen LogP contribution in [-0.4, -0.2) is 46.6 Å². The van der Waals surface area contributed by atoms with Gasteiger partial charge in [0.2, 0.25) is 5.91 Å². The molecular formula is C13H22N2O3. The predicted molar refractivity (Wildman–Crippen MR) is 67.2 cm³/mol. The van der Waals surface area contributed by atoms with Crippen LogP contribution in [-0.2, 0) is 9.59 Å². The zero-order chi connectivity index (χ0) is 13.3. The standard InChI is InChI=1S/C13H22N2O3/c1-8-4-3-7-15(11(8)13(17)18)9(2)12(16)14-10-5-6-10/h8-11H,3-7H2,1-2H3,(H,14,16)(H,17,18). The lowest BCUT2D eigenvalue weighted by Crippen LogP contribution is -2.57. The summed E-state index contributed by atoms with van der Waals surface area (Å²) in [7, 11) is 0. The molecule has 3 unspecified atom stereocenters. The number of carbonyl (C=O) groups excluding carboxylic acids is 1. The van der Waals surface area contributed by atoms with E-state index in [0.717, 1.165) is 25.7 Å². The van der Waals surface area contributed by atoms with Crippen LogP contribution in [0.1, 0.15) is 39.5 Å². The van der Waals surface area contributed by atoms with E-state index in [2.05, 4.69) is 5.32 Å². The number of carboxylic acids is 1. The summed E-state index contributed by atoms with van der Waals surface area (Å²) in [5, 5.41) is 12.3. The number of aliphatic carboxylic acids is 1. The molecule has 0 radical (unpaired) electrons. The van der Waals surface area contributed by atoms with Gasteiger partial charge in [0.15, 0.2) is 0 Å². The Bertz CT molecular complexity index is 341. The summed E-state index contributed by atoms with van der Waals surface area (Å²) in [6.45, 7) is 4.46. The van der Waals surface area contributed by atoms with Gasteiger partial charge < -0.3 is 10.4 Å². The fourth-order valence-corrected chi connectivity index (χ4v) is 2.74. The topological polar surface area (TPSA) is 69.6 Å². The third kappa shape index (κ3) is 2.83. The van der Waals surface area contributed by atoms with E-state index in [1.54, 1.807) is 0 Å². The molecule has 0 bridgehead atoms. The van der Waals surface area contributed by atoms with E-state index in [1.165, 1.54) is 0 Å². The zero-order valence-corrected chi connectivity index (χ0v) is 11.1. The Morgan fingerprint density at radius 1 is 1.33 bits per heavy atom. The molecule has 1 heterocycles. The third-order valence-electron chi connectivity index (χ3n) is 4.03. The lowest BCUT2D eigenvalue weighted by molar-refractivity contribution is -0.149. The van der Waals surface area contributed by atoms with E-state index < -0.39 is 12.0 Å². The van der Waals surface area contributed by atoms with Crippen LogP contribution in [0.15, 0.2) is 0 Å². The number of nitrogens with one attached hydrogen (secondary N) is 1. The minimum absolute atomic E-state index is 0.0298. The molecule has 2 fully saturated rings. The van der Waals surface area contributed by atoms with Crippen molar-refractivity contribution in [2.45, 2.75) is 57.7 Å². The quantitative estimate of drug-likeness (QED) is 0.780. The second-order valence-electron chi connectivity index (χ2n) is 5.60. The van der Waals surface area contributed by atoms with Crippen molar-refractivity contribution in [2.75, 3.05) is 6.54 Å². The number of rotatable bonds is 4. The van der Waals surface area contributed by atoms with Gasteiger partial charge in [-0.3, -0.25) is 14.5 Å². The maximum absolute atomic E-state index is 12.0. The monoisotopic (exact) mass is 254 g/mol. The first-order chi connectivity index (χ1) is 8.50. The van der Waals surface area contributed by atoms with Gasteiger partial charge in [-0.2, -0.15) is 0 Å². The average Bonchev–Trinajstić information content (AvgIpc) is 3.11. The molecule has 2 rings (SSSR count). The summed E-state index contributed by atoms with van der Waals surface area (Å²) < 4.78 is 0. The minimum atomic E-state index is -0.812. The maximum Gasteiger partial charge on any atom is 0.321 e. The maximum atomic E-state index is 12.0. The number of carboxylic acid groups (broad SMARTS) is 1. The van der Waals surface area contributed by atoms with Crippen molar-refractivity contribution in [3.8, 4) is 0 Å². The van der Waals surface area contributed by atoms with E-state index in [4.69, 9.17) is 0 Å². The molecule has 1 aliphatic heterocycles. The number of carbonyl (C=O) groups is 2. The molecule has 0 spiro atoms. The summed E-state index contributed by atoms with van der Waals surface area (Å²) in [6, 6.07) is -0.557. The molecule has 2 N–H and O–H groups in total. The van der Waals surface area contributed by atoms with Crippen molar-refractivity contribution in [2.24, 2.45) is 5.92 Å². The highest BCUT2D eigenvalue weighted by molar-refractivity contribution is 5.83. The predicted octanol–water partition coefficient (Wildman–Crippen LogP) is 0.839. The molecule has 0 aromatic heterocycles. The molecule has 0 aromatic carbocycles. The lowest BCUT2D eigenvalue weighted by atomic mass is 9.89. The lowest BCUT2D eigenvalue weighted by Gasteiger charge is -2.40. The molecule has 3 atom stereocenters. The van der Waals surface area contributed by atoms with Crippen LogP contribution < -0.4 is 5.32 Å². The fraction of sp³-hybridized carbons (Fsp3) is 0.846. The van der Waals surface area contributed by atoms with Crippen LogP contribution in [0, 0.1) is 5.92 Å². The van der Waals surface area contributed by atoms with E-state index in [-0.39, 0.29) is 17.9 Å². The van der Waals surface area contributed by atoms with E-state index in [0.29, 0.717) is 12.6 Å². The van der Waals surface area contributed by atoms with Crippen molar-refractivity contribution in [3.63, 3.8) is 0 Å². The van der Waals surface area contributed by atoms with Crippen LogP contribution in [0.4, 0.5) is 0 Å². The first-order valence-corrected chi connectivity index (χ1v) is 6.79. The Hall–Kier alpha value is -1.10. The summed E-state index contributed by atoms with van der Waals surface area (Å²) in [5.74, 6) is -0.737. The van der Waals surface area contributed by atoms with Gasteiger partial charge in [-0.15, -0.1) is 0 Å². The molecule has 1 saturated carbocycles. The number of hydrogen-bond donors (Lipinski definition) is 2. The van der Waals surface area contributed by atoms with Gasteiger partial charge in [0.05, 0.1) is 6.04 Å². The van der Waals surface area contributed by atoms with Crippen LogP contribution in [0.2, 0.25) is 0 Å². The molecule has 5 nitrogen and oxygen atoms in total. The molecule has 2 aliphatic rings. The van der Waals surface area contributed by atoms with Gasteiger partial charge in [-0.05, 0) is 45.1 Å². The number of piperidine rings is 1. The van der Waals surface area contributed by atoms with Crippen molar-refractivity contribution in [3.05, 3.63) is 0 Å². The second kappa shape index (κ2) is 5.26. The first-order valence-electron chi connectivity index (χ1n) is 6.79. The average molecular weight is 254 g/mol. The van der Waals surface area contributed by atoms with E-state index in [1.807, 2.05) is 18.7 Å². The SMILES string of the molecule is CC1CCCN(C(C)C(=O)NC2CC2)C1C(=O)O. The van der Waals surface area contributed by atoms with Gasteiger partial charge >= 0.3 is 5.97 Å². The fourth-order valence-electron chi connectivity index (χ4n) is 2.74. The molecule has 1 amide bonds. The Balaban J connectivity index is 2.02. The Labute approximate surface area is 108 Å². The van der Waals surface area contributed by atoms with Crippen molar-refractivity contribution < 1.29 is 14.7 Å². The van der Waals surface area contributed by atoms with Gasteiger partial charge in [0.25, 0.3) is 0 Å². The Morgan fingerprint density at radius 2 is 2.00 bits per heavy atom. The smallest absolute Gasteiger partial charge is 0.321 e. The summed E-state index contributed by atoms with van der Waals surface area (Å²) in [4.78, 5) is 25.2. The zero-order valence-electron chi connectivity index (χ0n) is 11.1. The molecule has 18 heavy (non-hydrogen) atoms.